The minimum absolute atomic E-state index is 0.0839. The Balaban J connectivity index is 1.55. The highest BCUT2D eigenvalue weighted by atomic mass is 16.2. The molecule has 2 amide bonds. The van der Waals surface area contributed by atoms with Gasteiger partial charge in [0.05, 0.1) is 0 Å². The van der Waals surface area contributed by atoms with Crippen LogP contribution in [-0.4, -0.2) is 47.8 Å². The molecule has 2 fully saturated rings. The van der Waals surface area contributed by atoms with Crippen molar-refractivity contribution in [1.82, 2.24) is 9.80 Å². The summed E-state index contributed by atoms with van der Waals surface area (Å²) >= 11 is 0. The zero-order chi connectivity index (χ0) is 16.2. The van der Waals surface area contributed by atoms with E-state index in [0.717, 1.165) is 24.8 Å². The van der Waals surface area contributed by atoms with Crippen molar-refractivity contribution in [3.63, 3.8) is 0 Å². The van der Waals surface area contributed by atoms with E-state index in [1.165, 1.54) is 18.4 Å². The second kappa shape index (κ2) is 7.16. The van der Waals surface area contributed by atoms with Crippen molar-refractivity contribution in [3.8, 4) is 0 Å². The van der Waals surface area contributed by atoms with E-state index in [4.69, 9.17) is 0 Å². The molecule has 2 aliphatic rings. The quantitative estimate of drug-likeness (QED) is 0.861. The molecule has 0 spiro atoms. The second-order valence-corrected chi connectivity index (χ2v) is 6.65. The number of hydrogen-bond donors (Lipinski definition) is 0. The topological polar surface area (TPSA) is 40.6 Å². The van der Waals surface area contributed by atoms with E-state index in [1.807, 2.05) is 34.1 Å². The zero-order valence-corrected chi connectivity index (χ0v) is 14.0. The molecule has 0 atom stereocenters. The van der Waals surface area contributed by atoms with Gasteiger partial charge in [0.2, 0.25) is 5.91 Å². The summed E-state index contributed by atoms with van der Waals surface area (Å²) in [5.41, 5.74) is 1.99. The number of amides is 2. The number of carbonyl (C=O) groups excluding carboxylic acids is 2. The molecule has 0 bridgehead atoms. The largest absolute Gasteiger partial charge is 0.339 e. The number of rotatable bonds is 3. The number of piperazine rings is 1. The van der Waals surface area contributed by atoms with Gasteiger partial charge in [-0.1, -0.05) is 31.9 Å². The fourth-order valence-corrected chi connectivity index (χ4v) is 3.63. The van der Waals surface area contributed by atoms with Crippen LogP contribution in [0.1, 0.15) is 48.5 Å². The molecule has 1 heterocycles. The SMILES string of the molecule is CCc1ccc(C(=O)N2CCN(C(=O)C3CCCC3)CC2)cc1. The second-order valence-electron chi connectivity index (χ2n) is 6.65. The minimum atomic E-state index is 0.0839. The fraction of sp³-hybridized carbons (Fsp3) is 0.579. The lowest BCUT2D eigenvalue weighted by atomic mass is 10.1. The van der Waals surface area contributed by atoms with Crippen LogP contribution in [0.2, 0.25) is 0 Å². The summed E-state index contributed by atoms with van der Waals surface area (Å²) in [6.07, 6.45) is 5.44. The van der Waals surface area contributed by atoms with Gasteiger partial charge in [-0.15, -0.1) is 0 Å². The average Bonchev–Trinajstić information content (AvgIpc) is 3.15. The number of hydrogen-bond acceptors (Lipinski definition) is 2. The molecule has 1 saturated carbocycles. The lowest BCUT2D eigenvalue weighted by Gasteiger charge is -2.36. The Morgan fingerprint density at radius 2 is 1.52 bits per heavy atom. The van der Waals surface area contributed by atoms with E-state index in [2.05, 4.69) is 6.92 Å². The summed E-state index contributed by atoms with van der Waals surface area (Å²) in [6.45, 7) is 4.75. The molecule has 0 N–H and O–H groups in total. The molecule has 1 aromatic rings. The highest BCUT2D eigenvalue weighted by Gasteiger charge is 2.30. The van der Waals surface area contributed by atoms with Gasteiger partial charge < -0.3 is 9.80 Å². The Kier molecular flexibility index (Phi) is 4.99. The molecule has 124 valence electrons. The van der Waals surface area contributed by atoms with Gasteiger partial charge in [0, 0.05) is 37.7 Å². The van der Waals surface area contributed by atoms with Crippen molar-refractivity contribution in [1.29, 1.82) is 0 Å². The molecule has 1 aliphatic carbocycles. The van der Waals surface area contributed by atoms with Gasteiger partial charge in [-0.2, -0.15) is 0 Å². The van der Waals surface area contributed by atoms with Gasteiger partial charge in [-0.05, 0) is 37.0 Å². The molecule has 3 rings (SSSR count). The van der Waals surface area contributed by atoms with Gasteiger partial charge in [0.15, 0.2) is 0 Å². The van der Waals surface area contributed by atoms with Gasteiger partial charge >= 0.3 is 0 Å². The van der Waals surface area contributed by atoms with Gasteiger partial charge in [0.25, 0.3) is 5.91 Å². The summed E-state index contributed by atoms with van der Waals surface area (Å²) in [5, 5.41) is 0. The first-order valence-electron chi connectivity index (χ1n) is 8.86. The van der Waals surface area contributed by atoms with Crippen LogP contribution in [0.3, 0.4) is 0 Å². The normalized spacial score (nSPS) is 19.2. The van der Waals surface area contributed by atoms with Crippen LogP contribution in [0.5, 0.6) is 0 Å². The fourth-order valence-electron chi connectivity index (χ4n) is 3.63. The zero-order valence-electron chi connectivity index (χ0n) is 14.0. The van der Waals surface area contributed by atoms with Gasteiger partial charge in [-0.25, -0.2) is 0 Å². The maximum Gasteiger partial charge on any atom is 0.253 e. The Labute approximate surface area is 138 Å². The van der Waals surface area contributed by atoms with Crippen LogP contribution < -0.4 is 0 Å². The summed E-state index contributed by atoms with van der Waals surface area (Å²) < 4.78 is 0. The highest BCUT2D eigenvalue weighted by molar-refractivity contribution is 5.94. The standard InChI is InChI=1S/C19H26N2O2/c1-2-15-7-9-17(10-8-15)19(23)21-13-11-20(12-14-21)18(22)16-5-3-4-6-16/h7-10,16H,2-6,11-14H2,1H3. The Morgan fingerprint density at radius 3 is 2.09 bits per heavy atom. The summed E-state index contributed by atoms with van der Waals surface area (Å²) in [7, 11) is 0. The predicted octanol–water partition coefficient (Wildman–Crippen LogP) is 2.72. The minimum Gasteiger partial charge on any atom is -0.339 e. The van der Waals surface area contributed by atoms with Crippen molar-refractivity contribution >= 4 is 11.8 Å². The van der Waals surface area contributed by atoms with Crippen LogP contribution in [-0.2, 0) is 11.2 Å². The third-order valence-electron chi connectivity index (χ3n) is 5.19. The number of carbonyl (C=O) groups is 2. The molecule has 1 aromatic carbocycles. The molecule has 4 nitrogen and oxygen atoms in total. The molecule has 4 heteroatoms. The first-order chi connectivity index (χ1) is 11.2. The van der Waals surface area contributed by atoms with Crippen molar-refractivity contribution in [2.75, 3.05) is 26.2 Å². The van der Waals surface area contributed by atoms with E-state index in [1.54, 1.807) is 0 Å². The number of benzene rings is 1. The van der Waals surface area contributed by atoms with E-state index >= 15 is 0 Å². The molecular weight excluding hydrogens is 288 g/mol. The lowest BCUT2D eigenvalue weighted by Crippen LogP contribution is -2.51. The summed E-state index contributed by atoms with van der Waals surface area (Å²) in [5.74, 6) is 0.626. The summed E-state index contributed by atoms with van der Waals surface area (Å²) in [6, 6.07) is 7.87. The van der Waals surface area contributed by atoms with E-state index in [0.29, 0.717) is 32.1 Å². The van der Waals surface area contributed by atoms with Crippen molar-refractivity contribution < 1.29 is 9.59 Å². The maximum absolute atomic E-state index is 12.6. The highest BCUT2D eigenvalue weighted by Crippen LogP contribution is 2.27. The molecule has 1 saturated heterocycles. The monoisotopic (exact) mass is 314 g/mol. The Hall–Kier alpha value is -1.84. The van der Waals surface area contributed by atoms with Crippen molar-refractivity contribution in [2.45, 2.75) is 39.0 Å². The smallest absolute Gasteiger partial charge is 0.253 e. The van der Waals surface area contributed by atoms with Crippen LogP contribution in [0, 0.1) is 5.92 Å². The van der Waals surface area contributed by atoms with E-state index in [-0.39, 0.29) is 11.8 Å². The van der Waals surface area contributed by atoms with Crippen LogP contribution in [0.4, 0.5) is 0 Å². The predicted molar refractivity (Wildman–Crippen MR) is 90.3 cm³/mol. The molecule has 1 aliphatic heterocycles. The summed E-state index contributed by atoms with van der Waals surface area (Å²) in [4.78, 5) is 28.8. The average molecular weight is 314 g/mol. The van der Waals surface area contributed by atoms with Crippen LogP contribution in [0.15, 0.2) is 24.3 Å². The van der Waals surface area contributed by atoms with Gasteiger partial charge in [0.1, 0.15) is 0 Å². The molecule has 0 unspecified atom stereocenters. The molecule has 23 heavy (non-hydrogen) atoms. The Morgan fingerprint density at radius 1 is 0.957 bits per heavy atom. The van der Waals surface area contributed by atoms with Crippen LogP contribution in [0.25, 0.3) is 0 Å². The van der Waals surface area contributed by atoms with Crippen molar-refractivity contribution in [2.24, 2.45) is 5.92 Å². The third-order valence-corrected chi connectivity index (χ3v) is 5.19. The van der Waals surface area contributed by atoms with Gasteiger partial charge in [-0.3, -0.25) is 9.59 Å². The maximum atomic E-state index is 12.6. The number of aryl methyl sites for hydroxylation is 1. The first-order valence-corrected chi connectivity index (χ1v) is 8.86. The van der Waals surface area contributed by atoms with Crippen molar-refractivity contribution in [3.05, 3.63) is 35.4 Å². The van der Waals surface area contributed by atoms with E-state index < -0.39 is 0 Å². The molecular formula is C19H26N2O2. The first kappa shape index (κ1) is 16.0. The van der Waals surface area contributed by atoms with Crippen LogP contribution >= 0.6 is 0 Å². The number of nitrogens with zero attached hydrogens (tertiary/aromatic N) is 2. The molecule has 0 aromatic heterocycles. The lowest BCUT2D eigenvalue weighted by molar-refractivity contribution is -0.136. The Bertz CT molecular complexity index is 553. The molecule has 0 radical (unpaired) electrons. The third kappa shape index (κ3) is 3.57. The van der Waals surface area contributed by atoms with E-state index in [9.17, 15) is 9.59 Å².